The molecule has 2 aromatic rings. The number of nitrogen functional groups attached to an aromatic ring is 1. The Morgan fingerprint density at radius 3 is 2.37 bits per heavy atom. The fourth-order valence-corrected chi connectivity index (χ4v) is 1.42. The van der Waals surface area contributed by atoms with Crippen LogP contribution in [0.1, 0.15) is 15.9 Å². The first-order valence-corrected chi connectivity index (χ1v) is 5.63. The van der Waals surface area contributed by atoms with Crippen LogP contribution in [0.4, 0.5) is 5.69 Å². The van der Waals surface area contributed by atoms with Gasteiger partial charge in [0.05, 0.1) is 6.21 Å². The van der Waals surface area contributed by atoms with Crippen molar-refractivity contribution in [1.29, 1.82) is 0 Å². The summed E-state index contributed by atoms with van der Waals surface area (Å²) >= 11 is 0. The smallest absolute Gasteiger partial charge is 0.271 e. The average molecular weight is 255 g/mol. The highest BCUT2D eigenvalue weighted by Gasteiger charge is 2.02. The standard InChI is InChI=1S/C14H13N3O2/c15-12-5-3-11(4-6-12)14(19)17-16-9-10-1-7-13(18)8-2-10/h1-9,18H,15H2,(H,17,19)/b16-9-. The van der Waals surface area contributed by atoms with Gasteiger partial charge in [0.25, 0.3) is 5.91 Å². The Morgan fingerprint density at radius 1 is 1.11 bits per heavy atom. The van der Waals surface area contributed by atoms with E-state index in [1.54, 1.807) is 48.5 Å². The van der Waals surface area contributed by atoms with E-state index in [4.69, 9.17) is 10.8 Å². The summed E-state index contributed by atoms with van der Waals surface area (Å²) in [6.07, 6.45) is 1.49. The summed E-state index contributed by atoms with van der Waals surface area (Å²) in [7, 11) is 0. The van der Waals surface area contributed by atoms with Gasteiger partial charge in [-0.05, 0) is 54.1 Å². The molecule has 4 N–H and O–H groups in total. The molecule has 96 valence electrons. The zero-order chi connectivity index (χ0) is 13.7. The second kappa shape index (κ2) is 5.68. The number of anilines is 1. The average Bonchev–Trinajstić information content (AvgIpc) is 2.41. The van der Waals surface area contributed by atoms with Crippen molar-refractivity contribution in [2.45, 2.75) is 0 Å². The van der Waals surface area contributed by atoms with E-state index in [1.807, 2.05) is 0 Å². The van der Waals surface area contributed by atoms with Crippen LogP contribution in [0.15, 0.2) is 53.6 Å². The van der Waals surface area contributed by atoms with Crippen LogP contribution in [0.5, 0.6) is 5.75 Å². The molecular formula is C14H13N3O2. The zero-order valence-corrected chi connectivity index (χ0v) is 10.1. The van der Waals surface area contributed by atoms with Crippen LogP contribution in [0, 0.1) is 0 Å². The first-order valence-electron chi connectivity index (χ1n) is 5.63. The maximum absolute atomic E-state index is 11.7. The van der Waals surface area contributed by atoms with E-state index in [0.717, 1.165) is 5.56 Å². The molecule has 0 aliphatic rings. The summed E-state index contributed by atoms with van der Waals surface area (Å²) in [4.78, 5) is 11.7. The number of nitrogens with one attached hydrogen (secondary N) is 1. The van der Waals surface area contributed by atoms with Gasteiger partial charge in [-0.3, -0.25) is 4.79 Å². The number of nitrogens with two attached hydrogens (primary N) is 1. The summed E-state index contributed by atoms with van der Waals surface area (Å²) in [5, 5.41) is 12.9. The van der Waals surface area contributed by atoms with E-state index in [2.05, 4.69) is 10.5 Å². The van der Waals surface area contributed by atoms with Gasteiger partial charge in [0.2, 0.25) is 0 Å². The van der Waals surface area contributed by atoms with Crippen molar-refractivity contribution >= 4 is 17.8 Å². The number of phenolic OH excluding ortho intramolecular Hbond substituents is 1. The van der Waals surface area contributed by atoms with Crippen molar-refractivity contribution in [2.24, 2.45) is 5.10 Å². The molecule has 0 aromatic heterocycles. The SMILES string of the molecule is Nc1ccc(C(=O)N/N=C\c2ccc(O)cc2)cc1. The van der Waals surface area contributed by atoms with Gasteiger partial charge in [0.15, 0.2) is 0 Å². The van der Waals surface area contributed by atoms with Gasteiger partial charge in [-0.2, -0.15) is 5.10 Å². The van der Waals surface area contributed by atoms with Crippen molar-refractivity contribution in [3.8, 4) is 5.75 Å². The molecule has 0 atom stereocenters. The van der Waals surface area contributed by atoms with E-state index in [1.165, 1.54) is 6.21 Å². The monoisotopic (exact) mass is 255 g/mol. The van der Waals surface area contributed by atoms with E-state index < -0.39 is 0 Å². The molecule has 0 heterocycles. The Bertz CT molecular complexity index is 589. The first-order chi connectivity index (χ1) is 9.15. The van der Waals surface area contributed by atoms with Crippen molar-refractivity contribution in [2.75, 3.05) is 5.73 Å². The van der Waals surface area contributed by atoms with Gasteiger partial charge in [0, 0.05) is 11.3 Å². The fourth-order valence-electron chi connectivity index (χ4n) is 1.42. The molecule has 19 heavy (non-hydrogen) atoms. The zero-order valence-electron chi connectivity index (χ0n) is 10.1. The molecule has 0 spiro atoms. The van der Waals surface area contributed by atoms with Crippen LogP contribution in [-0.4, -0.2) is 17.2 Å². The Labute approximate surface area is 110 Å². The third kappa shape index (κ3) is 3.57. The molecular weight excluding hydrogens is 242 g/mol. The van der Waals surface area contributed by atoms with Gasteiger partial charge in [-0.15, -0.1) is 0 Å². The van der Waals surface area contributed by atoms with Gasteiger partial charge in [-0.1, -0.05) is 0 Å². The lowest BCUT2D eigenvalue weighted by atomic mass is 10.2. The maximum atomic E-state index is 11.7. The number of hydrogen-bond acceptors (Lipinski definition) is 4. The van der Waals surface area contributed by atoms with Gasteiger partial charge in [-0.25, -0.2) is 5.43 Å². The predicted octanol–water partition coefficient (Wildman–Crippen LogP) is 1.74. The molecule has 0 fully saturated rings. The highest BCUT2D eigenvalue weighted by Crippen LogP contribution is 2.08. The summed E-state index contributed by atoms with van der Waals surface area (Å²) in [6, 6.07) is 13.0. The summed E-state index contributed by atoms with van der Waals surface area (Å²) < 4.78 is 0. The molecule has 2 rings (SSSR count). The van der Waals surface area contributed by atoms with Gasteiger partial charge >= 0.3 is 0 Å². The summed E-state index contributed by atoms with van der Waals surface area (Å²) in [5.74, 6) is -0.127. The number of carbonyl (C=O) groups excluding carboxylic acids is 1. The lowest BCUT2D eigenvalue weighted by Crippen LogP contribution is -2.17. The number of rotatable bonds is 3. The molecule has 0 aliphatic carbocycles. The van der Waals surface area contributed by atoms with Gasteiger partial charge < -0.3 is 10.8 Å². The highest BCUT2D eigenvalue weighted by atomic mass is 16.3. The van der Waals surface area contributed by atoms with Crippen molar-refractivity contribution in [3.63, 3.8) is 0 Å². The number of amides is 1. The third-order valence-corrected chi connectivity index (χ3v) is 2.45. The van der Waals surface area contributed by atoms with Crippen LogP contribution >= 0.6 is 0 Å². The number of carbonyl (C=O) groups is 1. The Balaban J connectivity index is 1.96. The minimum atomic E-state index is -0.310. The number of hydrogen-bond donors (Lipinski definition) is 3. The molecule has 0 aliphatic heterocycles. The fraction of sp³-hybridized carbons (Fsp3) is 0. The Morgan fingerprint density at radius 2 is 1.74 bits per heavy atom. The minimum absolute atomic E-state index is 0.183. The topological polar surface area (TPSA) is 87.7 Å². The molecule has 0 saturated heterocycles. The quantitative estimate of drug-likeness (QED) is 0.443. The number of phenols is 1. The second-order valence-electron chi connectivity index (χ2n) is 3.91. The van der Waals surface area contributed by atoms with E-state index in [0.29, 0.717) is 11.3 Å². The lowest BCUT2D eigenvalue weighted by Gasteiger charge is -2.00. The van der Waals surface area contributed by atoms with E-state index >= 15 is 0 Å². The highest BCUT2D eigenvalue weighted by molar-refractivity contribution is 5.95. The predicted molar refractivity (Wildman–Crippen MR) is 74.0 cm³/mol. The largest absolute Gasteiger partial charge is 0.508 e. The molecule has 0 radical (unpaired) electrons. The van der Waals surface area contributed by atoms with Crippen LogP contribution in [0.25, 0.3) is 0 Å². The molecule has 0 bridgehead atoms. The van der Waals surface area contributed by atoms with Crippen molar-refractivity contribution in [3.05, 3.63) is 59.7 Å². The van der Waals surface area contributed by atoms with Crippen molar-refractivity contribution in [1.82, 2.24) is 5.43 Å². The molecule has 5 heteroatoms. The Kier molecular flexibility index (Phi) is 3.78. The summed E-state index contributed by atoms with van der Waals surface area (Å²) in [6.45, 7) is 0. The van der Waals surface area contributed by atoms with Crippen LogP contribution in [0.2, 0.25) is 0 Å². The molecule has 1 amide bonds. The lowest BCUT2D eigenvalue weighted by molar-refractivity contribution is 0.0955. The van der Waals surface area contributed by atoms with E-state index in [-0.39, 0.29) is 11.7 Å². The number of nitrogens with zero attached hydrogens (tertiary/aromatic N) is 1. The maximum Gasteiger partial charge on any atom is 0.271 e. The number of hydrazone groups is 1. The van der Waals surface area contributed by atoms with Crippen LogP contribution in [-0.2, 0) is 0 Å². The second-order valence-corrected chi connectivity index (χ2v) is 3.91. The molecule has 0 unspecified atom stereocenters. The molecule has 5 nitrogen and oxygen atoms in total. The van der Waals surface area contributed by atoms with Crippen molar-refractivity contribution < 1.29 is 9.90 Å². The number of benzene rings is 2. The first kappa shape index (κ1) is 12.6. The van der Waals surface area contributed by atoms with Gasteiger partial charge in [0.1, 0.15) is 5.75 Å². The Hall–Kier alpha value is -2.82. The summed E-state index contributed by atoms with van der Waals surface area (Å²) in [5.41, 5.74) is 9.80. The molecule has 2 aromatic carbocycles. The van der Waals surface area contributed by atoms with E-state index in [9.17, 15) is 4.79 Å². The van der Waals surface area contributed by atoms with Crippen LogP contribution < -0.4 is 11.2 Å². The minimum Gasteiger partial charge on any atom is -0.508 e. The third-order valence-electron chi connectivity index (χ3n) is 2.45. The molecule has 0 saturated carbocycles. The number of aromatic hydroxyl groups is 1. The normalized spacial score (nSPS) is 10.5. The van der Waals surface area contributed by atoms with Crippen LogP contribution in [0.3, 0.4) is 0 Å².